The summed E-state index contributed by atoms with van der Waals surface area (Å²) in [6.45, 7) is 6.11. The zero-order chi connectivity index (χ0) is 20.6. The number of hydrogen-bond acceptors (Lipinski definition) is 3. The van der Waals surface area contributed by atoms with Gasteiger partial charge in [-0.2, -0.15) is 0 Å². The lowest BCUT2D eigenvalue weighted by Crippen LogP contribution is -2.51. The lowest BCUT2D eigenvalue weighted by molar-refractivity contribution is -0.137. The Hall–Kier alpha value is -1.79. The summed E-state index contributed by atoms with van der Waals surface area (Å²) in [4.78, 5) is 23.5. The molecule has 1 aromatic carbocycles. The first kappa shape index (κ1) is 21.9. The van der Waals surface area contributed by atoms with Gasteiger partial charge in [0.2, 0.25) is 5.91 Å². The maximum absolute atomic E-state index is 12.6. The Bertz CT molecular complexity index is 696. The van der Waals surface area contributed by atoms with Gasteiger partial charge in [-0.25, -0.2) is 0 Å². The van der Waals surface area contributed by atoms with E-state index in [1.54, 1.807) is 7.05 Å². The van der Waals surface area contributed by atoms with E-state index in [0.717, 1.165) is 68.7 Å². The van der Waals surface area contributed by atoms with Gasteiger partial charge >= 0.3 is 0 Å². The van der Waals surface area contributed by atoms with E-state index in [-0.39, 0.29) is 0 Å². The molecule has 1 aromatic rings. The van der Waals surface area contributed by atoms with Gasteiger partial charge in [0.15, 0.2) is 5.96 Å². The number of aliphatic imine (C=N–C) groups is 1. The zero-order valence-electron chi connectivity index (χ0n) is 17.7. The third kappa shape index (κ3) is 6.09. The van der Waals surface area contributed by atoms with Gasteiger partial charge in [0.05, 0.1) is 0 Å². The highest BCUT2D eigenvalue weighted by Crippen LogP contribution is 2.26. The van der Waals surface area contributed by atoms with Gasteiger partial charge in [-0.15, -0.1) is 0 Å². The third-order valence-electron chi connectivity index (χ3n) is 6.04. The van der Waals surface area contributed by atoms with Gasteiger partial charge in [-0.1, -0.05) is 42.6 Å². The zero-order valence-corrected chi connectivity index (χ0v) is 18.5. The minimum atomic E-state index is 0.292. The molecular weight excluding hydrogens is 386 g/mol. The molecule has 1 aliphatic carbocycles. The topological polar surface area (TPSA) is 51.2 Å². The number of amides is 1. The van der Waals surface area contributed by atoms with E-state index >= 15 is 0 Å². The van der Waals surface area contributed by atoms with Crippen LogP contribution in [-0.2, 0) is 11.3 Å². The van der Waals surface area contributed by atoms with Crippen LogP contribution in [0.4, 0.5) is 0 Å². The minimum Gasteiger partial charge on any atom is -0.355 e. The van der Waals surface area contributed by atoms with Crippen molar-refractivity contribution in [3.05, 3.63) is 34.9 Å². The maximum Gasteiger partial charge on any atom is 0.225 e. The van der Waals surface area contributed by atoms with Crippen LogP contribution in [0.2, 0.25) is 5.02 Å². The Morgan fingerprint density at radius 3 is 2.55 bits per heavy atom. The highest BCUT2D eigenvalue weighted by Gasteiger charge is 2.29. The number of nitrogens with one attached hydrogen (secondary N) is 1. The standard InChI is InChI=1S/C22H34ClN5O/c1-24-22(26(2)17-19-9-5-6-10-20(19)23)25-11-12-27-13-15-28(16-14-27)21(29)18-7-3-4-8-18/h5-6,9-10,18H,3-4,7-8,11-17H2,1-2H3,(H,24,25). The summed E-state index contributed by atoms with van der Waals surface area (Å²) in [5, 5.41) is 4.22. The molecule has 160 valence electrons. The van der Waals surface area contributed by atoms with Gasteiger partial charge in [0, 0.05) is 70.8 Å². The molecule has 6 nitrogen and oxygen atoms in total. The Kier molecular flexibility index (Phi) is 8.19. The second kappa shape index (κ2) is 10.8. The maximum atomic E-state index is 12.6. The predicted octanol–water partition coefficient (Wildman–Crippen LogP) is 2.68. The summed E-state index contributed by atoms with van der Waals surface area (Å²) < 4.78 is 0. The first-order chi connectivity index (χ1) is 14.1. The second-order valence-corrected chi connectivity index (χ2v) is 8.48. The van der Waals surface area contributed by atoms with Crippen molar-refractivity contribution < 1.29 is 4.79 Å². The number of guanidine groups is 1. The monoisotopic (exact) mass is 419 g/mol. The van der Waals surface area contributed by atoms with Crippen molar-refractivity contribution >= 4 is 23.5 Å². The van der Waals surface area contributed by atoms with Crippen LogP contribution in [0.1, 0.15) is 31.2 Å². The first-order valence-corrected chi connectivity index (χ1v) is 11.1. The van der Waals surface area contributed by atoms with Gasteiger partial charge in [0.25, 0.3) is 0 Å². The first-order valence-electron chi connectivity index (χ1n) is 10.7. The number of rotatable bonds is 6. The van der Waals surface area contributed by atoms with E-state index in [1.807, 2.05) is 31.3 Å². The molecule has 0 aromatic heterocycles. The van der Waals surface area contributed by atoms with E-state index < -0.39 is 0 Å². The van der Waals surface area contributed by atoms with E-state index in [2.05, 4.69) is 25.0 Å². The summed E-state index contributed by atoms with van der Waals surface area (Å²) in [5.41, 5.74) is 1.09. The fourth-order valence-corrected chi connectivity index (χ4v) is 4.49. The van der Waals surface area contributed by atoms with Gasteiger partial charge in [-0.05, 0) is 24.5 Å². The van der Waals surface area contributed by atoms with Crippen molar-refractivity contribution in [3.8, 4) is 0 Å². The fraction of sp³-hybridized carbons (Fsp3) is 0.636. The molecule has 2 fully saturated rings. The van der Waals surface area contributed by atoms with Crippen LogP contribution in [0.3, 0.4) is 0 Å². The van der Waals surface area contributed by atoms with Crippen molar-refractivity contribution in [2.75, 3.05) is 53.4 Å². The normalized spacial score (nSPS) is 18.9. The second-order valence-electron chi connectivity index (χ2n) is 8.07. The molecule has 1 saturated heterocycles. The average Bonchev–Trinajstić information content (AvgIpc) is 3.27. The van der Waals surface area contributed by atoms with E-state index in [9.17, 15) is 4.79 Å². The molecule has 7 heteroatoms. The molecule has 0 bridgehead atoms. The predicted molar refractivity (Wildman–Crippen MR) is 119 cm³/mol. The molecule has 29 heavy (non-hydrogen) atoms. The van der Waals surface area contributed by atoms with Crippen molar-refractivity contribution in [2.45, 2.75) is 32.2 Å². The molecular formula is C22H34ClN5O. The number of halogens is 1. The summed E-state index contributed by atoms with van der Waals surface area (Å²) >= 11 is 6.28. The number of hydrogen-bond donors (Lipinski definition) is 1. The van der Waals surface area contributed by atoms with Crippen LogP contribution < -0.4 is 5.32 Å². The molecule has 1 aliphatic heterocycles. The molecule has 0 atom stereocenters. The van der Waals surface area contributed by atoms with E-state index in [1.165, 1.54) is 12.8 Å². The number of nitrogens with zero attached hydrogens (tertiary/aromatic N) is 4. The highest BCUT2D eigenvalue weighted by atomic mass is 35.5. The van der Waals surface area contributed by atoms with Crippen LogP contribution in [0.25, 0.3) is 0 Å². The Morgan fingerprint density at radius 2 is 1.90 bits per heavy atom. The molecule has 1 amide bonds. The van der Waals surface area contributed by atoms with E-state index in [4.69, 9.17) is 11.6 Å². The third-order valence-corrected chi connectivity index (χ3v) is 6.41. The number of carbonyl (C=O) groups excluding carboxylic acids is 1. The molecule has 1 saturated carbocycles. The van der Waals surface area contributed by atoms with Gasteiger partial charge in [0.1, 0.15) is 0 Å². The quantitative estimate of drug-likeness (QED) is 0.569. The van der Waals surface area contributed by atoms with Crippen LogP contribution >= 0.6 is 11.6 Å². The molecule has 1 N–H and O–H groups in total. The summed E-state index contributed by atoms with van der Waals surface area (Å²) in [6.07, 6.45) is 4.61. The van der Waals surface area contributed by atoms with Crippen LogP contribution in [0, 0.1) is 5.92 Å². The van der Waals surface area contributed by atoms with Crippen molar-refractivity contribution in [3.63, 3.8) is 0 Å². The SMILES string of the molecule is CN=C(NCCN1CCN(C(=O)C2CCCC2)CC1)N(C)Cc1ccccc1Cl. The van der Waals surface area contributed by atoms with Crippen LogP contribution in [-0.4, -0.2) is 79.9 Å². The summed E-state index contributed by atoms with van der Waals surface area (Å²) in [7, 11) is 3.82. The summed E-state index contributed by atoms with van der Waals surface area (Å²) in [5.74, 6) is 1.54. The Labute approximate surface area is 179 Å². The molecule has 1 heterocycles. The average molecular weight is 420 g/mol. The van der Waals surface area contributed by atoms with E-state index in [0.29, 0.717) is 18.4 Å². The van der Waals surface area contributed by atoms with Crippen LogP contribution in [0.15, 0.2) is 29.3 Å². The van der Waals surface area contributed by atoms with Crippen molar-refractivity contribution in [2.24, 2.45) is 10.9 Å². The molecule has 3 rings (SSSR count). The summed E-state index contributed by atoms with van der Waals surface area (Å²) in [6, 6.07) is 7.90. The Balaban J connectivity index is 1.38. The molecule has 0 unspecified atom stereocenters. The highest BCUT2D eigenvalue weighted by molar-refractivity contribution is 6.31. The molecule has 2 aliphatic rings. The number of piperazine rings is 1. The lowest BCUT2D eigenvalue weighted by atomic mass is 10.1. The largest absolute Gasteiger partial charge is 0.355 e. The number of benzene rings is 1. The number of carbonyl (C=O) groups is 1. The van der Waals surface area contributed by atoms with Crippen molar-refractivity contribution in [1.29, 1.82) is 0 Å². The van der Waals surface area contributed by atoms with Gasteiger partial charge in [-0.3, -0.25) is 14.7 Å². The molecule has 0 spiro atoms. The van der Waals surface area contributed by atoms with Crippen LogP contribution in [0.5, 0.6) is 0 Å². The minimum absolute atomic E-state index is 0.292. The lowest BCUT2D eigenvalue weighted by Gasteiger charge is -2.36. The molecule has 0 radical (unpaired) electrons. The Morgan fingerprint density at radius 1 is 1.21 bits per heavy atom. The smallest absolute Gasteiger partial charge is 0.225 e. The fourth-order valence-electron chi connectivity index (χ4n) is 4.29. The van der Waals surface area contributed by atoms with Crippen molar-refractivity contribution in [1.82, 2.24) is 20.0 Å². The van der Waals surface area contributed by atoms with Gasteiger partial charge < -0.3 is 15.1 Å².